The molecule has 0 fully saturated rings. The Morgan fingerprint density at radius 3 is 1.68 bits per heavy atom. The van der Waals surface area contributed by atoms with E-state index >= 15 is 0 Å². The van der Waals surface area contributed by atoms with Crippen LogP contribution in [0, 0.1) is 35.5 Å². The molecule has 0 radical (unpaired) electrons. The molecule has 37 heavy (non-hydrogen) atoms. The largest absolute Gasteiger partial charge is 0.493 e. The average Bonchev–Trinajstić information content (AvgIpc) is 2.76. The summed E-state index contributed by atoms with van der Waals surface area (Å²) in [6.45, 7) is 27.6. The van der Waals surface area contributed by atoms with Crippen LogP contribution in [-0.4, -0.2) is 42.2 Å². The zero-order chi connectivity index (χ0) is 28.0. The number of hydrogen-bond acceptors (Lipinski definition) is 4. The fourth-order valence-corrected chi connectivity index (χ4v) is 3.92. The van der Waals surface area contributed by atoms with Crippen molar-refractivity contribution in [3.63, 3.8) is 0 Å². The highest BCUT2D eigenvalue weighted by atomic mass is 32.1. The molecule has 0 N–H and O–H groups in total. The number of rotatable bonds is 15. The van der Waals surface area contributed by atoms with Crippen molar-refractivity contribution in [1.29, 1.82) is 0 Å². The third-order valence-corrected chi connectivity index (χ3v) is 6.05. The Morgan fingerprint density at radius 2 is 1.30 bits per heavy atom. The third-order valence-electron chi connectivity index (χ3n) is 6.05. The first-order chi connectivity index (χ1) is 16.6. The van der Waals surface area contributed by atoms with E-state index in [1.54, 1.807) is 0 Å². The van der Waals surface area contributed by atoms with Crippen LogP contribution in [0.4, 0.5) is 0 Å². The molecule has 0 saturated carbocycles. The van der Waals surface area contributed by atoms with Gasteiger partial charge in [0, 0.05) is 30.3 Å². The predicted octanol–water partition coefficient (Wildman–Crippen LogP) is 7.84. The van der Waals surface area contributed by atoms with Crippen molar-refractivity contribution >= 4 is 25.1 Å². The van der Waals surface area contributed by atoms with Gasteiger partial charge in [-0.2, -0.15) is 13.5 Å². The van der Waals surface area contributed by atoms with Gasteiger partial charge in [-0.3, -0.25) is 14.5 Å². The summed E-state index contributed by atoms with van der Waals surface area (Å²) in [7, 11) is 0. The van der Waals surface area contributed by atoms with Gasteiger partial charge in [0.2, 0.25) is 0 Å². The summed E-state index contributed by atoms with van der Waals surface area (Å²) in [5, 5.41) is 0. The number of ketones is 2. The molecule has 4 nitrogen and oxygen atoms in total. The Labute approximate surface area is 236 Å². The molecule has 0 aliphatic rings. The molecule has 0 amide bonds. The Kier molecular flexibility index (Phi) is 20.1. The van der Waals surface area contributed by atoms with Crippen molar-refractivity contribution in [2.24, 2.45) is 35.5 Å². The summed E-state index contributed by atoms with van der Waals surface area (Å²) in [5.41, 5.74) is 1.22. The van der Waals surface area contributed by atoms with Gasteiger partial charge in [0.1, 0.15) is 17.3 Å². The number of Topliss-reactive ketones (excluding diaryl/α,β-unsaturated/α-hetero) is 2. The van der Waals surface area contributed by atoms with E-state index < -0.39 is 0 Å². The average molecular weight is 538 g/mol. The second kappa shape index (κ2) is 19.7. The van der Waals surface area contributed by atoms with Crippen LogP contribution in [0.3, 0.4) is 0 Å². The molecule has 0 unspecified atom stereocenters. The maximum atomic E-state index is 12.4. The van der Waals surface area contributed by atoms with Crippen molar-refractivity contribution in [3.05, 3.63) is 29.8 Å². The fourth-order valence-electron chi connectivity index (χ4n) is 3.92. The minimum Gasteiger partial charge on any atom is -0.493 e. The second-order valence-corrected chi connectivity index (χ2v) is 12.5. The summed E-state index contributed by atoms with van der Waals surface area (Å²) in [6, 6.07) is 8.68. The Morgan fingerprint density at radius 1 is 0.757 bits per heavy atom. The van der Waals surface area contributed by atoms with Gasteiger partial charge in [-0.05, 0) is 62.1 Å². The first-order valence-corrected chi connectivity index (χ1v) is 14.2. The highest BCUT2D eigenvalue weighted by molar-refractivity contribution is 7.59. The van der Waals surface area contributed by atoms with Gasteiger partial charge >= 0.3 is 0 Å². The van der Waals surface area contributed by atoms with E-state index in [1.165, 1.54) is 5.56 Å². The van der Waals surface area contributed by atoms with E-state index in [-0.39, 0.29) is 31.2 Å². The van der Waals surface area contributed by atoms with Crippen molar-refractivity contribution in [1.82, 2.24) is 4.90 Å². The van der Waals surface area contributed by atoms with E-state index in [0.717, 1.165) is 31.7 Å². The number of carbonyl (C=O) groups excluding carboxylic acids is 2. The summed E-state index contributed by atoms with van der Waals surface area (Å²) in [4.78, 5) is 26.3. The standard InChI is InChI=1S/C20H32O2.C12H25NO.H2S/c1-14(2)11-18(20(21)16(5)6)12-17-7-9-19(10-8-17)22-13-15(3)4;1-9(2)7-13(11(5)6)8-12(14)10(3)4;/h7-10,14-16,18H,11-13H2,1-6H3;9-11H,7-8H2,1-6H3;1H2/t18-;;/m0../s1. The first-order valence-electron chi connectivity index (χ1n) is 14.2. The fraction of sp³-hybridized carbons (Fsp3) is 0.750. The molecule has 0 bridgehead atoms. The minimum atomic E-state index is 0. The first kappa shape index (κ1) is 37.8. The lowest BCUT2D eigenvalue weighted by Crippen LogP contribution is -2.39. The van der Waals surface area contributed by atoms with Crippen LogP contribution < -0.4 is 4.74 Å². The Bertz CT molecular complexity index is 739. The minimum absolute atomic E-state index is 0. The quantitative estimate of drug-likeness (QED) is 0.229. The van der Waals surface area contributed by atoms with E-state index in [1.807, 2.05) is 39.8 Å². The van der Waals surface area contributed by atoms with Gasteiger partial charge < -0.3 is 4.74 Å². The normalized spacial score (nSPS) is 12.3. The molecule has 5 heteroatoms. The maximum Gasteiger partial charge on any atom is 0.149 e. The van der Waals surface area contributed by atoms with Crippen molar-refractivity contribution < 1.29 is 14.3 Å². The van der Waals surface area contributed by atoms with Gasteiger partial charge in [-0.1, -0.05) is 81.4 Å². The monoisotopic (exact) mass is 537 g/mol. The molecular weight excluding hydrogens is 478 g/mol. The zero-order valence-electron chi connectivity index (χ0n) is 26.1. The lowest BCUT2D eigenvalue weighted by Gasteiger charge is -2.28. The van der Waals surface area contributed by atoms with Crippen molar-refractivity contribution in [3.8, 4) is 5.75 Å². The van der Waals surface area contributed by atoms with Crippen LogP contribution in [-0.2, 0) is 16.0 Å². The smallest absolute Gasteiger partial charge is 0.149 e. The summed E-state index contributed by atoms with van der Waals surface area (Å²) >= 11 is 0. The number of hydrogen-bond donors (Lipinski definition) is 0. The number of benzene rings is 1. The molecule has 1 aromatic carbocycles. The molecule has 1 atom stereocenters. The van der Waals surface area contributed by atoms with Gasteiger partial charge in [0.05, 0.1) is 13.2 Å². The maximum absolute atomic E-state index is 12.4. The molecule has 0 saturated heterocycles. The van der Waals surface area contributed by atoms with E-state index in [9.17, 15) is 9.59 Å². The molecule has 0 heterocycles. The van der Waals surface area contributed by atoms with E-state index in [4.69, 9.17) is 4.74 Å². The predicted molar refractivity (Wildman–Crippen MR) is 165 cm³/mol. The number of nitrogens with zero attached hydrogens (tertiary/aromatic N) is 1. The lowest BCUT2D eigenvalue weighted by molar-refractivity contribution is -0.126. The van der Waals surface area contributed by atoms with E-state index in [2.05, 4.69) is 72.4 Å². The molecule has 1 aromatic rings. The summed E-state index contributed by atoms with van der Waals surface area (Å²) in [5.74, 6) is 3.72. The molecule has 0 aliphatic carbocycles. The molecular formula is C32H59NO3S. The van der Waals surface area contributed by atoms with Crippen LogP contribution in [0.2, 0.25) is 0 Å². The van der Waals surface area contributed by atoms with Crippen molar-refractivity contribution in [2.75, 3.05) is 19.7 Å². The zero-order valence-corrected chi connectivity index (χ0v) is 27.1. The van der Waals surface area contributed by atoms with Gasteiger partial charge in [0.15, 0.2) is 0 Å². The highest BCUT2D eigenvalue weighted by Crippen LogP contribution is 2.23. The van der Waals surface area contributed by atoms with Gasteiger partial charge in [-0.25, -0.2) is 0 Å². The second-order valence-electron chi connectivity index (χ2n) is 12.5. The lowest BCUT2D eigenvalue weighted by atomic mass is 9.84. The Hall–Kier alpha value is -1.33. The third kappa shape index (κ3) is 17.7. The molecule has 0 aliphatic heterocycles. The Balaban J connectivity index is 0. The molecule has 0 aromatic heterocycles. The number of ether oxygens (including phenoxy) is 1. The van der Waals surface area contributed by atoms with Crippen LogP contribution >= 0.6 is 13.5 Å². The number of carbonyl (C=O) groups is 2. The van der Waals surface area contributed by atoms with Crippen LogP contribution in [0.25, 0.3) is 0 Å². The SMILES string of the molecule is CC(C)CN(CC(=O)C(C)C)C(C)C.CC(C)COc1ccc(C[C@H](CC(C)C)C(=O)C(C)C)cc1.S. The van der Waals surface area contributed by atoms with Gasteiger partial charge in [-0.15, -0.1) is 0 Å². The van der Waals surface area contributed by atoms with Crippen LogP contribution in [0.1, 0.15) is 95.1 Å². The summed E-state index contributed by atoms with van der Waals surface area (Å²) in [6.07, 6.45) is 1.79. The molecule has 216 valence electrons. The topological polar surface area (TPSA) is 46.6 Å². The van der Waals surface area contributed by atoms with Crippen LogP contribution in [0.15, 0.2) is 24.3 Å². The molecule has 1 rings (SSSR count). The van der Waals surface area contributed by atoms with Gasteiger partial charge in [0.25, 0.3) is 0 Å². The molecule has 0 spiro atoms. The highest BCUT2D eigenvalue weighted by Gasteiger charge is 2.22. The van der Waals surface area contributed by atoms with E-state index in [0.29, 0.717) is 41.9 Å². The van der Waals surface area contributed by atoms with Crippen molar-refractivity contribution in [2.45, 2.75) is 102 Å². The van der Waals surface area contributed by atoms with Crippen LogP contribution in [0.5, 0.6) is 5.75 Å². The summed E-state index contributed by atoms with van der Waals surface area (Å²) < 4.78 is 5.71.